The van der Waals surface area contributed by atoms with Crippen LogP contribution in [0.3, 0.4) is 0 Å². The number of H-pyrrole nitrogens is 1. The van der Waals surface area contributed by atoms with Crippen LogP contribution in [-0.4, -0.2) is 18.6 Å². The fourth-order valence-corrected chi connectivity index (χ4v) is 3.53. The molecule has 0 bridgehead atoms. The van der Waals surface area contributed by atoms with E-state index in [1.54, 1.807) is 7.11 Å². The van der Waals surface area contributed by atoms with Crippen molar-refractivity contribution in [1.29, 1.82) is 0 Å². The number of nitrogens with one attached hydrogen (secondary N) is 1. The van der Waals surface area contributed by atoms with Crippen molar-refractivity contribution in [3.63, 3.8) is 0 Å². The Labute approximate surface area is 141 Å². The molecule has 23 heavy (non-hydrogen) atoms. The average Bonchev–Trinajstić information content (AvgIpc) is 2.88. The molecule has 1 aromatic heterocycles. The van der Waals surface area contributed by atoms with Gasteiger partial charge in [-0.15, -0.1) is 0 Å². The predicted octanol–water partition coefficient (Wildman–Crippen LogP) is 4.42. The van der Waals surface area contributed by atoms with Crippen molar-refractivity contribution in [3.05, 3.63) is 64.3 Å². The highest BCUT2D eigenvalue weighted by molar-refractivity contribution is 6.32. The summed E-state index contributed by atoms with van der Waals surface area (Å²) in [4.78, 5) is 3.46. The maximum atomic E-state index is 6.24. The van der Waals surface area contributed by atoms with E-state index in [1.165, 1.54) is 16.6 Å². The van der Waals surface area contributed by atoms with Gasteiger partial charge in [0.25, 0.3) is 0 Å². The third-order valence-corrected chi connectivity index (χ3v) is 4.63. The van der Waals surface area contributed by atoms with Gasteiger partial charge in [0.2, 0.25) is 0 Å². The second-order valence-electron chi connectivity index (χ2n) is 5.81. The van der Waals surface area contributed by atoms with Crippen molar-refractivity contribution in [2.75, 3.05) is 13.7 Å². The Morgan fingerprint density at radius 2 is 2.00 bits per heavy atom. The molecule has 1 heterocycles. The van der Waals surface area contributed by atoms with Crippen molar-refractivity contribution in [2.45, 2.75) is 19.3 Å². The lowest BCUT2D eigenvalue weighted by Crippen LogP contribution is -2.15. The Morgan fingerprint density at radius 3 is 2.70 bits per heavy atom. The molecule has 3 N–H and O–H groups in total. The molecular formula is C19H21ClN2O. The first-order valence-corrected chi connectivity index (χ1v) is 8.11. The molecule has 0 aliphatic rings. The molecule has 0 aliphatic carbocycles. The molecule has 0 radical (unpaired) electrons. The van der Waals surface area contributed by atoms with E-state index in [0.717, 1.165) is 17.5 Å². The van der Waals surface area contributed by atoms with E-state index in [0.29, 0.717) is 17.3 Å². The number of ether oxygens (including phenoxy) is 1. The lowest BCUT2D eigenvalue weighted by Gasteiger charge is -2.16. The van der Waals surface area contributed by atoms with Crippen LogP contribution in [0.1, 0.15) is 22.7 Å². The summed E-state index contributed by atoms with van der Waals surface area (Å²) in [5.41, 5.74) is 10.9. The van der Waals surface area contributed by atoms with Gasteiger partial charge in [-0.3, -0.25) is 0 Å². The molecule has 0 spiro atoms. The number of nitrogens with two attached hydrogens (primary N) is 1. The quantitative estimate of drug-likeness (QED) is 0.728. The highest BCUT2D eigenvalue weighted by Crippen LogP contribution is 2.32. The molecule has 3 aromatic rings. The molecule has 0 saturated carbocycles. The molecule has 0 fully saturated rings. The minimum absolute atomic E-state index is 0.246. The summed E-state index contributed by atoms with van der Waals surface area (Å²) in [6.07, 6.45) is 0.850. The fraction of sp³-hybridized carbons (Fsp3) is 0.263. The number of rotatable bonds is 5. The zero-order chi connectivity index (χ0) is 16.4. The Morgan fingerprint density at radius 1 is 1.22 bits per heavy atom. The summed E-state index contributed by atoms with van der Waals surface area (Å²) in [6.45, 7) is 2.70. The second kappa shape index (κ2) is 6.65. The van der Waals surface area contributed by atoms with Crippen LogP contribution >= 0.6 is 11.6 Å². The van der Waals surface area contributed by atoms with Gasteiger partial charge in [-0.2, -0.15) is 0 Å². The molecular weight excluding hydrogens is 308 g/mol. The predicted molar refractivity (Wildman–Crippen MR) is 96.5 cm³/mol. The van der Waals surface area contributed by atoms with E-state index < -0.39 is 0 Å². The Hall–Kier alpha value is -1.97. The van der Waals surface area contributed by atoms with Gasteiger partial charge in [-0.05, 0) is 49.2 Å². The van der Waals surface area contributed by atoms with Gasteiger partial charge in [0.15, 0.2) is 0 Å². The van der Waals surface area contributed by atoms with Crippen LogP contribution in [0.25, 0.3) is 10.9 Å². The third-order valence-electron chi connectivity index (χ3n) is 4.33. The Bertz CT molecular complexity index is 825. The molecule has 120 valence electrons. The standard InChI is InChI=1S/C19H21ClN2O/c1-12-19(15-5-3-4-6-17(15)22-12)14(11-21)9-13-7-8-18(23-2)16(20)10-13/h3-8,10,14,22H,9,11,21H2,1-2H3. The number of hydrogen-bond acceptors (Lipinski definition) is 2. The fourth-order valence-electron chi connectivity index (χ4n) is 3.25. The third kappa shape index (κ3) is 3.07. The monoisotopic (exact) mass is 328 g/mol. The van der Waals surface area contributed by atoms with E-state index in [1.807, 2.05) is 18.2 Å². The number of methoxy groups -OCH3 is 1. The molecule has 2 aromatic carbocycles. The van der Waals surface area contributed by atoms with Crippen molar-refractivity contribution in [3.8, 4) is 5.75 Å². The first kappa shape index (κ1) is 15.9. The van der Waals surface area contributed by atoms with Gasteiger partial charge in [-0.1, -0.05) is 35.9 Å². The molecule has 1 atom stereocenters. The zero-order valence-corrected chi connectivity index (χ0v) is 14.2. The molecule has 0 amide bonds. The van der Waals surface area contributed by atoms with Crippen molar-refractivity contribution in [2.24, 2.45) is 5.73 Å². The van der Waals surface area contributed by atoms with E-state index >= 15 is 0 Å². The average molecular weight is 329 g/mol. The number of aryl methyl sites for hydroxylation is 1. The van der Waals surface area contributed by atoms with E-state index in [9.17, 15) is 0 Å². The van der Waals surface area contributed by atoms with Crippen molar-refractivity contribution < 1.29 is 4.74 Å². The summed E-state index contributed by atoms with van der Waals surface area (Å²) in [6, 6.07) is 14.3. The summed E-state index contributed by atoms with van der Waals surface area (Å²) < 4.78 is 5.22. The summed E-state index contributed by atoms with van der Waals surface area (Å²) >= 11 is 6.24. The van der Waals surface area contributed by atoms with E-state index in [-0.39, 0.29) is 5.92 Å². The number of aromatic nitrogens is 1. The first-order valence-electron chi connectivity index (χ1n) is 7.73. The minimum atomic E-state index is 0.246. The van der Waals surface area contributed by atoms with Crippen LogP contribution in [0.5, 0.6) is 5.75 Å². The Kier molecular flexibility index (Phi) is 4.60. The SMILES string of the molecule is COc1ccc(CC(CN)c2c(C)[nH]c3ccccc23)cc1Cl. The normalized spacial score (nSPS) is 12.5. The maximum Gasteiger partial charge on any atom is 0.137 e. The van der Waals surface area contributed by atoms with Crippen LogP contribution in [0.2, 0.25) is 5.02 Å². The molecule has 1 unspecified atom stereocenters. The number of para-hydroxylation sites is 1. The van der Waals surface area contributed by atoms with Crippen LogP contribution in [-0.2, 0) is 6.42 Å². The highest BCUT2D eigenvalue weighted by atomic mass is 35.5. The Balaban J connectivity index is 1.96. The van der Waals surface area contributed by atoms with Crippen LogP contribution in [0.15, 0.2) is 42.5 Å². The van der Waals surface area contributed by atoms with Crippen LogP contribution < -0.4 is 10.5 Å². The molecule has 4 heteroatoms. The zero-order valence-electron chi connectivity index (χ0n) is 13.4. The van der Waals surface area contributed by atoms with E-state index in [2.05, 4.69) is 36.2 Å². The van der Waals surface area contributed by atoms with Crippen LogP contribution in [0, 0.1) is 6.92 Å². The van der Waals surface area contributed by atoms with E-state index in [4.69, 9.17) is 22.1 Å². The minimum Gasteiger partial charge on any atom is -0.495 e. The summed E-state index contributed by atoms with van der Waals surface area (Å²) in [7, 11) is 1.62. The van der Waals surface area contributed by atoms with Gasteiger partial charge in [0, 0.05) is 22.5 Å². The summed E-state index contributed by atoms with van der Waals surface area (Å²) in [5, 5.41) is 1.89. The van der Waals surface area contributed by atoms with Crippen molar-refractivity contribution in [1.82, 2.24) is 4.98 Å². The van der Waals surface area contributed by atoms with Gasteiger partial charge in [0.1, 0.15) is 5.75 Å². The molecule has 3 rings (SSSR count). The van der Waals surface area contributed by atoms with Gasteiger partial charge >= 0.3 is 0 Å². The molecule has 3 nitrogen and oxygen atoms in total. The first-order chi connectivity index (χ1) is 11.1. The van der Waals surface area contributed by atoms with Gasteiger partial charge in [-0.25, -0.2) is 0 Å². The number of aromatic amines is 1. The summed E-state index contributed by atoms with van der Waals surface area (Å²) in [5.74, 6) is 0.943. The second-order valence-corrected chi connectivity index (χ2v) is 6.22. The van der Waals surface area contributed by atoms with Gasteiger partial charge < -0.3 is 15.5 Å². The van der Waals surface area contributed by atoms with Gasteiger partial charge in [0.05, 0.1) is 12.1 Å². The lowest BCUT2D eigenvalue weighted by atomic mass is 9.90. The number of hydrogen-bond donors (Lipinski definition) is 2. The smallest absolute Gasteiger partial charge is 0.137 e. The molecule has 0 aliphatic heterocycles. The topological polar surface area (TPSA) is 51.0 Å². The largest absolute Gasteiger partial charge is 0.495 e. The molecule has 0 saturated heterocycles. The number of benzene rings is 2. The van der Waals surface area contributed by atoms with Crippen molar-refractivity contribution >= 4 is 22.5 Å². The maximum absolute atomic E-state index is 6.24. The van der Waals surface area contributed by atoms with Crippen LogP contribution in [0.4, 0.5) is 0 Å². The highest BCUT2D eigenvalue weighted by Gasteiger charge is 2.18. The number of halogens is 1. The lowest BCUT2D eigenvalue weighted by molar-refractivity contribution is 0.415. The number of fused-ring (bicyclic) bond motifs is 1.